The molecule has 60 valence electrons. The van der Waals surface area contributed by atoms with Crippen LogP contribution < -0.4 is 0 Å². The van der Waals surface area contributed by atoms with Gasteiger partial charge in [0.2, 0.25) is 0 Å². The Bertz CT molecular complexity index is 267. The van der Waals surface area contributed by atoms with Crippen molar-refractivity contribution in [3.8, 4) is 5.75 Å². The molecule has 0 aliphatic carbocycles. The van der Waals surface area contributed by atoms with E-state index in [1.165, 1.54) is 12.3 Å². The van der Waals surface area contributed by atoms with E-state index in [-0.39, 0.29) is 0 Å². The molecule has 0 atom stereocenters. The predicted molar refractivity (Wildman–Crippen MR) is 43.6 cm³/mol. The molecule has 0 bridgehead atoms. The molecule has 1 aromatic heterocycles. The van der Waals surface area contributed by atoms with Crippen LogP contribution in [0.3, 0.4) is 0 Å². The summed E-state index contributed by atoms with van der Waals surface area (Å²) >= 11 is 1.76. The van der Waals surface area contributed by atoms with Crippen molar-refractivity contribution in [3.63, 3.8) is 0 Å². The molecule has 2 nitrogen and oxygen atoms in total. The number of alkyl halides is 2. The third kappa shape index (κ3) is 1.76. The van der Waals surface area contributed by atoms with Crippen LogP contribution in [0, 0.1) is 3.57 Å². The first kappa shape index (κ1) is 8.63. The minimum absolute atomic E-state index is 0.382. The van der Waals surface area contributed by atoms with Crippen LogP contribution in [0.25, 0.3) is 0 Å². The molecule has 1 aromatic rings. The average Bonchev–Trinajstić information content (AvgIpc) is 1.94. The average molecular weight is 271 g/mol. The van der Waals surface area contributed by atoms with Gasteiger partial charge < -0.3 is 5.11 Å². The summed E-state index contributed by atoms with van der Waals surface area (Å²) < 4.78 is 24.3. The number of hydrogen-bond donors (Lipinski definition) is 1. The Kier molecular flexibility index (Phi) is 2.58. The molecule has 0 aromatic carbocycles. The van der Waals surface area contributed by atoms with Gasteiger partial charge in [0, 0.05) is 6.20 Å². The smallest absolute Gasteiger partial charge is 0.284 e. The van der Waals surface area contributed by atoms with Crippen molar-refractivity contribution in [2.75, 3.05) is 0 Å². The maximum Gasteiger partial charge on any atom is 0.284 e. The summed E-state index contributed by atoms with van der Waals surface area (Å²) in [5, 5.41) is 9.02. The highest BCUT2D eigenvalue weighted by Crippen LogP contribution is 2.29. The minimum Gasteiger partial charge on any atom is -0.505 e. The normalized spacial score (nSPS) is 10.5. The largest absolute Gasteiger partial charge is 0.505 e. The highest BCUT2D eigenvalue weighted by molar-refractivity contribution is 14.1. The fourth-order valence-corrected chi connectivity index (χ4v) is 1.04. The molecule has 0 saturated heterocycles. The topological polar surface area (TPSA) is 33.1 Å². The summed E-state index contributed by atoms with van der Waals surface area (Å²) in [7, 11) is 0. The number of halogens is 3. The van der Waals surface area contributed by atoms with E-state index in [0.29, 0.717) is 3.57 Å². The SMILES string of the molecule is Oc1c(I)ccnc1C(F)F. The Morgan fingerprint density at radius 1 is 1.55 bits per heavy atom. The molecule has 0 radical (unpaired) electrons. The zero-order chi connectivity index (χ0) is 8.43. The van der Waals surface area contributed by atoms with Crippen LogP contribution >= 0.6 is 22.6 Å². The van der Waals surface area contributed by atoms with E-state index >= 15 is 0 Å². The number of nitrogens with zero attached hydrogens (tertiary/aromatic N) is 1. The molecule has 0 unspecified atom stereocenters. The van der Waals surface area contributed by atoms with Crippen molar-refractivity contribution in [1.29, 1.82) is 0 Å². The van der Waals surface area contributed by atoms with Gasteiger partial charge >= 0.3 is 0 Å². The Labute approximate surface area is 75.4 Å². The van der Waals surface area contributed by atoms with E-state index in [2.05, 4.69) is 4.98 Å². The second-order valence-electron chi connectivity index (χ2n) is 1.83. The fourth-order valence-electron chi connectivity index (χ4n) is 0.605. The molecule has 0 amide bonds. The number of aromatic hydroxyl groups is 1. The lowest BCUT2D eigenvalue weighted by atomic mass is 10.3. The monoisotopic (exact) mass is 271 g/mol. The first-order valence-electron chi connectivity index (χ1n) is 2.74. The molecular weight excluding hydrogens is 267 g/mol. The molecule has 1 rings (SSSR count). The van der Waals surface area contributed by atoms with Crippen LogP contribution in [-0.2, 0) is 0 Å². The van der Waals surface area contributed by atoms with E-state index in [0.717, 1.165) is 0 Å². The van der Waals surface area contributed by atoms with E-state index < -0.39 is 17.9 Å². The van der Waals surface area contributed by atoms with Crippen molar-refractivity contribution < 1.29 is 13.9 Å². The minimum atomic E-state index is -2.72. The van der Waals surface area contributed by atoms with Crippen LogP contribution in [0.15, 0.2) is 12.3 Å². The van der Waals surface area contributed by atoms with Gasteiger partial charge in [0.1, 0.15) is 5.69 Å². The van der Waals surface area contributed by atoms with Gasteiger partial charge in [-0.25, -0.2) is 8.78 Å². The number of pyridine rings is 1. The second kappa shape index (κ2) is 3.29. The summed E-state index contributed by atoms with van der Waals surface area (Å²) in [4.78, 5) is 3.33. The summed E-state index contributed by atoms with van der Waals surface area (Å²) in [6, 6.07) is 1.46. The molecule has 0 aliphatic rings. The van der Waals surface area contributed by atoms with Crippen LogP contribution in [0.2, 0.25) is 0 Å². The van der Waals surface area contributed by atoms with Gasteiger partial charge in [-0.15, -0.1) is 0 Å². The number of aromatic nitrogens is 1. The fraction of sp³-hybridized carbons (Fsp3) is 0.167. The maximum atomic E-state index is 12.0. The lowest BCUT2D eigenvalue weighted by molar-refractivity contribution is 0.141. The van der Waals surface area contributed by atoms with E-state index in [4.69, 9.17) is 5.11 Å². The lowest BCUT2D eigenvalue weighted by Crippen LogP contribution is -1.91. The quantitative estimate of drug-likeness (QED) is 0.795. The van der Waals surface area contributed by atoms with Gasteiger partial charge in [-0.3, -0.25) is 4.98 Å². The molecule has 0 saturated carbocycles. The molecule has 11 heavy (non-hydrogen) atoms. The molecule has 0 aliphatic heterocycles. The van der Waals surface area contributed by atoms with Gasteiger partial charge in [0.25, 0.3) is 6.43 Å². The third-order valence-electron chi connectivity index (χ3n) is 1.11. The van der Waals surface area contributed by atoms with Gasteiger partial charge in [-0.2, -0.15) is 0 Å². The Hall–Kier alpha value is -0.460. The Balaban J connectivity index is 3.17. The number of hydrogen-bond acceptors (Lipinski definition) is 2. The van der Waals surface area contributed by atoms with Gasteiger partial charge in [0.15, 0.2) is 5.75 Å². The van der Waals surface area contributed by atoms with Crippen molar-refractivity contribution >= 4 is 22.6 Å². The lowest BCUT2D eigenvalue weighted by Gasteiger charge is -2.02. The van der Waals surface area contributed by atoms with Gasteiger partial charge in [0.05, 0.1) is 3.57 Å². The van der Waals surface area contributed by atoms with Crippen molar-refractivity contribution in [2.45, 2.75) is 6.43 Å². The highest BCUT2D eigenvalue weighted by Gasteiger charge is 2.15. The summed E-state index contributed by atoms with van der Waals surface area (Å²) in [6.07, 6.45) is -1.48. The van der Waals surface area contributed by atoms with Gasteiger partial charge in [-0.05, 0) is 28.7 Å². The molecule has 5 heteroatoms. The van der Waals surface area contributed by atoms with E-state index in [1.54, 1.807) is 22.6 Å². The number of rotatable bonds is 1. The maximum absolute atomic E-state index is 12.0. The molecule has 0 fully saturated rings. The molecular formula is C6H4F2INO. The van der Waals surface area contributed by atoms with Crippen LogP contribution in [0.5, 0.6) is 5.75 Å². The first-order chi connectivity index (χ1) is 5.13. The van der Waals surface area contributed by atoms with Crippen molar-refractivity contribution in [3.05, 3.63) is 21.5 Å². The summed E-state index contributed by atoms with van der Waals surface area (Å²) in [5.41, 5.74) is -0.558. The molecule has 1 heterocycles. The Morgan fingerprint density at radius 3 is 2.64 bits per heavy atom. The zero-order valence-electron chi connectivity index (χ0n) is 5.26. The van der Waals surface area contributed by atoms with Gasteiger partial charge in [-0.1, -0.05) is 0 Å². The summed E-state index contributed by atoms with van der Waals surface area (Å²) in [5.74, 6) is -0.428. The first-order valence-corrected chi connectivity index (χ1v) is 3.82. The molecule has 1 N–H and O–H groups in total. The van der Waals surface area contributed by atoms with E-state index in [1.807, 2.05) is 0 Å². The van der Waals surface area contributed by atoms with Crippen LogP contribution in [-0.4, -0.2) is 10.1 Å². The van der Waals surface area contributed by atoms with Crippen LogP contribution in [0.4, 0.5) is 8.78 Å². The predicted octanol–water partition coefficient (Wildman–Crippen LogP) is 2.33. The highest BCUT2D eigenvalue weighted by atomic mass is 127. The van der Waals surface area contributed by atoms with E-state index in [9.17, 15) is 8.78 Å². The second-order valence-corrected chi connectivity index (χ2v) is 2.99. The zero-order valence-corrected chi connectivity index (χ0v) is 7.42. The summed E-state index contributed by atoms with van der Waals surface area (Å²) in [6.45, 7) is 0. The van der Waals surface area contributed by atoms with Crippen molar-refractivity contribution in [2.24, 2.45) is 0 Å². The third-order valence-corrected chi connectivity index (χ3v) is 1.98. The standard InChI is InChI=1S/C6H4F2INO/c7-6(8)4-5(11)3(9)1-2-10-4/h1-2,6,11H. The van der Waals surface area contributed by atoms with Crippen LogP contribution in [0.1, 0.15) is 12.1 Å². The van der Waals surface area contributed by atoms with Crippen molar-refractivity contribution in [1.82, 2.24) is 4.98 Å². The molecule has 0 spiro atoms. The Morgan fingerprint density at radius 2 is 2.18 bits per heavy atom.